The van der Waals surface area contributed by atoms with Gasteiger partial charge in [-0.3, -0.25) is 0 Å². The standard InChI is InChI=1S/C11H12N4S2/c1-12-11(16)13-6-8-2-4-9(5-3-8)10-7-17-15-14-10/h2-5,7H,6H2,1H3,(H2,12,13,16). The predicted molar refractivity (Wildman–Crippen MR) is 73.8 cm³/mol. The molecule has 0 atom stereocenters. The molecule has 88 valence electrons. The molecule has 0 fully saturated rings. The molecular weight excluding hydrogens is 252 g/mol. The number of aromatic nitrogens is 2. The molecule has 0 amide bonds. The SMILES string of the molecule is CNC(=S)NCc1ccc(-c2csnn2)cc1. The fourth-order valence-electron chi connectivity index (χ4n) is 1.35. The van der Waals surface area contributed by atoms with E-state index in [9.17, 15) is 0 Å². The van der Waals surface area contributed by atoms with Gasteiger partial charge in [-0.2, -0.15) is 0 Å². The van der Waals surface area contributed by atoms with Crippen molar-refractivity contribution < 1.29 is 0 Å². The van der Waals surface area contributed by atoms with E-state index in [-0.39, 0.29) is 0 Å². The smallest absolute Gasteiger partial charge is 0.166 e. The first-order valence-electron chi connectivity index (χ1n) is 5.11. The summed E-state index contributed by atoms with van der Waals surface area (Å²) in [5.74, 6) is 0. The molecule has 2 N–H and O–H groups in total. The number of hydrogen-bond acceptors (Lipinski definition) is 4. The molecule has 0 aliphatic heterocycles. The quantitative estimate of drug-likeness (QED) is 0.828. The molecule has 0 bridgehead atoms. The zero-order chi connectivity index (χ0) is 12.1. The molecule has 4 nitrogen and oxygen atoms in total. The first-order valence-corrected chi connectivity index (χ1v) is 6.36. The third-order valence-corrected chi connectivity index (χ3v) is 3.14. The highest BCUT2D eigenvalue weighted by Crippen LogP contribution is 2.17. The number of nitrogens with one attached hydrogen (secondary N) is 2. The van der Waals surface area contributed by atoms with Gasteiger partial charge in [-0.1, -0.05) is 28.8 Å². The lowest BCUT2D eigenvalue weighted by Gasteiger charge is -2.07. The average molecular weight is 264 g/mol. The Morgan fingerprint density at radius 2 is 2.12 bits per heavy atom. The summed E-state index contributed by atoms with van der Waals surface area (Å²) in [6.07, 6.45) is 0. The van der Waals surface area contributed by atoms with Gasteiger partial charge in [0, 0.05) is 24.5 Å². The molecule has 0 radical (unpaired) electrons. The number of hydrogen-bond donors (Lipinski definition) is 2. The highest BCUT2D eigenvalue weighted by Gasteiger charge is 2.00. The van der Waals surface area contributed by atoms with Crippen LogP contribution in [-0.4, -0.2) is 21.7 Å². The summed E-state index contributed by atoms with van der Waals surface area (Å²) >= 11 is 6.36. The van der Waals surface area contributed by atoms with Gasteiger partial charge >= 0.3 is 0 Å². The van der Waals surface area contributed by atoms with Crippen LogP contribution in [0.3, 0.4) is 0 Å². The molecule has 0 saturated carbocycles. The van der Waals surface area contributed by atoms with Crippen molar-refractivity contribution >= 4 is 28.9 Å². The second kappa shape index (κ2) is 5.70. The van der Waals surface area contributed by atoms with Crippen molar-refractivity contribution in [2.45, 2.75) is 6.54 Å². The van der Waals surface area contributed by atoms with Gasteiger partial charge in [-0.25, -0.2) is 0 Å². The van der Waals surface area contributed by atoms with E-state index >= 15 is 0 Å². The Morgan fingerprint density at radius 3 is 2.71 bits per heavy atom. The Labute approximate surface area is 109 Å². The lowest BCUT2D eigenvalue weighted by atomic mass is 10.1. The number of rotatable bonds is 3. The minimum absolute atomic E-state index is 0.651. The van der Waals surface area contributed by atoms with Crippen molar-refractivity contribution in [3.8, 4) is 11.3 Å². The van der Waals surface area contributed by atoms with Crippen LogP contribution in [0, 0.1) is 0 Å². The van der Waals surface area contributed by atoms with Gasteiger partial charge in [0.1, 0.15) is 5.69 Å². The largest absolute Gasteiger partial charge is 0.366 e. The molecule has 0 saturated heterocycles. The van der Waals surface area contributed by atoms with Gasteiger partial charge in [0.2, 0.25) is 0 Å². The summed E-state index contributed by atoms with van der Waals surface area (Å²) in [4.78, 5) is 0. The van der Waals surface area contributed by atoms with E-state index in [0.717, 1.165) is 17.8 Å². The average Bonchev–Trinajstić information content (AvgIpc) is 2.90. The van der Waals surface area contributed by atoms with Crippen LogP contribution in [0.5, 0.6) is 0 Å². The van der Waals surface area contributed by atoms with Gasteiger partial charge in [-0.05, 0) is 29.3 Å². The van der Waals surface area contributed by atoms with Gasteiger partial charge in [0.05, 0.1) is 0 Å². The van der Waals surface area contributed by atoms with E-state index in [4.69, 9.17) is 12.2 Å². The fraction of sp³-hybridized carbons (Fsp3) is 0.182. The van der Waals surface area contributed by atoms with E-state index in [1.54, 1.807) is 7.05 Å². The molecule has 0 aliphatic carbocycles. The van der Waals surface area contributed by atoms with Crippen molar-refractivity contribution in [2.75, 3.05) is 7.05 Å². The molecule has 0 aliphatic rings. The van der Waals surface area contributed by atoms with E-state index in [2.05, 4.69) is 32.4 Å². The molecule has 2 aromatic rings. The Hall–Kier alpha value is -1.53. The number of nitrogens with zero attached hydrogens (tertiary/aromatic N) is 2. The van der Waals surface area contributed by atoms with Gasteiger partial charge < -0.3 is 10.6 Å². The summed E-state index contributed by atoms with van der Waals surface area (Å²) in [5.41, 5.74) is 3.17. The maximum atomic E-state index is 5.01. The van der Waals surface area contributed by atoms with Crippen LogP contribution in [0.15, 0.2) is 29.6 Å². The van der Waals surface area contributed by atoms with E-state index in [1.807, 2.05) is 17.5 Å². The zero-order valence-corrected chi connectivity index (χ0v) is 10.9. The van der Waals surface area contributed by atoms with Crippen molar-refractivity contribution in [1.82, 2.24) is 20.2 Å². The summed E-state index contributed by atoms with van der Waals surface area (Å²) in [7, 11) is 1.80. The number of thiocarbonyl (C=S) groups is 1. The van der Waals surface area contributed by atoms with Crippen LogP contribution in [0.2, 0.25) is 0 Å². The summed E-state index contributed by atoms with van der Waals surface area (Å²) < 4.78 is 3.85. The molecule has 0 unspecified atom stereocenters. The highest BCUT2D eigenvalue weighted by atomic mass is 32.1. The molecule has 1 aromatic carbocycles. The van der Waals surface area contributed by atoms with E-state index in [1.165, 1.54) is 17.1 Å². The van der Waals surface area contributed by atoms with Gasteiger partial charge in [0.25, 0.3) is 0 Å². The second-order valence-electron chi connectivity index (χ2n) is 3.42. The third kappa shape index (κ3) is 3.21. The number of benzene rings is 1. The maximum absolute atomic E-state index is 5.01. The van der Waals surface area contributed by atoms with E-state index < -0.39 is 0 Å². The van der Waals surface area contributed by atoms with Crippen molar-refractivity contribution in [3.63, 3.8) is 0 Å². The first-order chi connectivity index (χ1) is 8.29. The van der Waals surface area contributed by atoms with Gasteiger partial charge in [0.15, 0.2) is 5.11 Å². The Balaban J connectivity index is 2.01. The predicted octanol–water partition coefficient (Wildman–Crippen LogP) is 1.80. The molecule has 17 heavy (non-hydrogen) atoms. The Kier molecular flexibility index (Phi) is 4.00. The van der Waals surface area contributed by atoms with E-state index in [0.29, 0.717) is 5.11 Å². The van der Waals surface area contributed by atoms with Crippen LogP contribution in [-0.2, 0) is 6.54 Å². The molecular formula is C11H12N4S2. The molecule has 1 heterocycles. The van der Waals surface area contributed by atoms with Crippen LogP contribution in [0.25, 0.3) is 11.3 Å². The van der Waals surface area contributed by atoms with Crippen LogP contribution in [0.4, 0.5) is 0 Å². The summed E-state index contributed by atoms with van der Waals surface area (Å²) in [5, 5.41) is 12.6. The normalized spacial score (nSPS) is 9.94. The minimum Gasteiger partial charge on any atom is -0.366 e. The van der Waals surface area contributed by atoms with Crippen molar-refractivity contribution in [2.24, 2.45) is 0 Å². The Morgan fingerprint density at radius 1 is 1.35 bits per heavy atom. The summed E-state index contributed by atoms with van der Waals surface area (Å²) in [6, 6.07) is 8.19. The first kappa shape index (κ1) is 11.9. The topological polar surface area (TPSA) is 49.8 Å². The van der Waals surface area contributed by atoms with Crippen molar-refractivity contribution in [1.29, 1.82) is 0 Å². The monoisotopic (exact) mass is 264 g/mol. The lowest BCUT2D eigenvalue weighted by molar-refractivity contribution is 0.891. The van der Waals surface area contributed by atoms with Crippen LogP contribution < -0.4 is 10.6 Å². The molecule has 0 spiro atoms. The molecule has 2 rings (SSSR count). The van der Waals surface area contributed by atoms with Crippen LogP contribution in [0.1, 0.15) is 5.56 Å². The van der Waals surface area contributed by atoms with Crippen LogP contribution >= 0.6 is 23.8 Å². The fourth-order valence-corrected chi connectivity index (χ4v) is 1.89. The van der Waals surface area contributed by atoms with Gasteiger partial charge in [-0.15, -0.1) is 5.10 Å². The van der Waals surface area contributed by atoms with Crippen molar-refractivity contribution in [3.05, 3.63) is 35.2 Å². The second-order valence-corrected chi connectivity index (χ2v) is 4.44. The summed E-state index contributed by atoms with van der Waals surface area (Å²) in [6.45, 7) is 0.718. The maximum Gasteiger partial charge on any atom is 0.166 e. The minimum atomic E-state index is 0.651. The molecule has 1 aromatic heterocycles. The zero-order valence-electron chi connectivity index (χ0n) is 9.30. The third-order valence-electron chi connectivity index (χ3n) is 2.29. The molecule has 6 heteroatoms. The lowest BCUT2D eigenvalue weighted by Crippen LogP contribution is -2.31. The Bertz CT molecular complexity index is 479. The highest BCUT2D eigenvalue weighted by molar-refractivity contribution is 7.80.